The zero-order valence-corrected chi connectivity index (χ0v) is 15.0. The van der Waals surface area contributed by atoms with E-state index >= 15 is 0 Å². The molecule has 0 saturated carbocycles. The third-order valence-electron chi connectivity index (χ3n) is 4.06. The molecule has 7 N–H and O–H groups in total. The van der Waals surface area contributed by atoms with Crippen LogP contribution in [0.4, 0.5) is 5.82 Å². The molecule has 1 saturated heterocycles. The minimum Gasteiger partial charge on any atom is -0.394 e. The molecular weight excluding hydrogens is 414 g/mol. The molecular formula is C11H17N3O11S2. The summed E-state index contributed by atoms with van der Waals surface area (Å²) in [6.07, 6.45) is -3.19. The second-order valence-electron chi connectivity index (χ2n) is 6.00. The number of aromatic nitrogens is 2. The van der Waals surface area contributed by atoms with E-state index in [1.165, 1.54) is 0 Å². The standard InChI is InChI=1S/C11H17N3O11S2/c12-7-1-2-14(9(16)13-7)8-11(18,5-27(22,23)24)10(17,4-26(19,20)21)6(3-15)25-8/h1-2,6,8,15,17-18H,3-5H2,(H2,12,13,16)(H,19,20,21)(H,22,23,24)/t6-,8-,10-,11+/m1/s1. The number of aliphatic hydroxyl groups is 3. The topological polar surface area (TPSA) is 240 Å². The van der Waals surface area contributed by atoms with E-state index in [9.17, 15) is 36.9 Å². The summed E-state index contributed by atoms with van der Waals surface area (Å²) in [4.78, 5) is 15.4. The Bertz CT molecular complexity index is 991. The third kappa shape index (κ3) is 4.11. The van der Waals surface area contributed by atoms with Crippen molar-refractivity contribution in [3.8, 4) is 0 Å². The number of anilines is 1. The quantitative estimate of drug-likeness (QED) is 0.235. The molecule has 4 atom stereocenters. The zero-order chi connectivity index (χ0) is 20.8. The first kappa shape index (κ1) is 21.6. The highest BCUT2D eigenvalue weighted by Gasteiger charge is 2.69. The molecule has 14 nitrogen and oxygen atoms in total. The number of nitrogen functional groups attached to an aromatic ring is 1. The lowest BCUT2D eigenvalue weighted by Crippen LogP contribution is -2.65. The van der Waals surface area contributed by atoms with Crippen molar-refractivity contribution in [2.75, 3.05) is 23.8 Å². The van der Waals surface area contributed by atoms with E-state index < -0.39 is 67.6 Å². The Morgan fingerprint density at radius 3 is 2.11 bits per heavy atom. The first-order chi connectivity index (χ1) is 12.1. The molecule has 1 aromatic heterocycles. The summed E-state index contributed by atoms with van der Waals surface area (Å²) in [7, 11) is -10.2. The molecule has 0 radical (unpaired) electrons. The second kappa shape index (κ2) is 6.74. The van der Waals surface area contributed by atoms with Gasteiger partial charge in [0.05, 0.1) is 6.61 Å². The van der Waals surface area contributed by atoms with Gasteiger partial charge in [-0.25, -0.2) is 4.79 Å². The summed E-state index contributed by atoms with van der Waals surface area (Å²) in [5, 5.41) is 31.0. The van der Waals surface area contributed by atoms with Gasteiger partial charge in [0.25, 0.3) is 20.2 Å². The predicted octanol–water partition coefficient (Wildman–Crippen LogP) is -4.05. The second-order valence-corrected chi connectivity index (χ2v) is 8.91. The van der Waals surface area contributed by atoms with Crippen LogP contribution in [0.3, 0.4) is 0 Å². The van der Waals surface area contributed by atoms with Crippen LogP contribution in [0.15, 0.2) is 17.1 Å². The fourth-order valence-corrected chi connectivity index (χ4v) is 4.88. The van der Waals surface area contributed by atoms with Crippen LogP contribution in [-0.2, 0) is 25.0 Å². The van der Waals surface area contributed by atoms with Gasteiger partial charge in [0, 0.05) is 6.20 Å². The Morgan fingerprint density at radius 2 is 1.67 bits per heavy atom. The molecule has 0 bridgehead atoms. The SMILES string of the molecule is Nc1ccn([C@@H]2O[C@H](CO)[C@](O)(CS(=O)(=O)O)[C@]2(O)CS(=O)(=O)O)c(=O)n1. The van der Waals surface area contributed by atoms with Crippen molar-refractivity contribution in [3.05, 3.63) is 22.7 Å². The van der Waals surface area contributed by atoms with Crippen LogP contribution in [0.25, 0.3) is 0 Å². The fraction of sp³-hybridized carbons (Fsp3) is 0.636. The van der Waals surface area contributed by atoms with Crippen molar-refractivity contribution >= 4 is 26.1 Å². The summed E-state index contributed by atoms with van der Waals surface area (Å²) in [5.41, 5.74) is -2.20. The van der Waals surface area contributed by atoms with E-state index in [-0.39, 0.29) is 5.82 Å². The van der Waals surface area contributed by atoms with Gasteiger partial charge < -0.3 is 25.8 Å². The number of rotatable bonds is 6. The third-order valence-corrected chi connectivity index (χ3v) is 5.67. The average Bonchev–Trinajstić information content (AvgIpc) is 2.64. The Morgan fingerprint density at radius 1 is 1.15 bits per heavy atom. The lowest BCUT2D eigenvalue weighted by molar-refractivity contribution is -0.132. The molecule has 0 amide bonds. The van der Waals surface area contributed by atoms with Crippen LogP contribution >= 0.6 is 0 Å². The summed E-state index contributed by atoms with van der Waals surface area (Å²) in [6.45, 7) is -1.15. The maximum Gasteiger partial charge on any atom is 0.351 e. The summed E-state index contributed by atoms with van der Waals surface area (Å²) in [5.74, 6) is -3.63. The molecule has 2 heterocycles. The molecule has 16 heteroatoms. The smallest absolute Gasteiger partial charge is 0.351 e. The normalized spacial score (nSPS) is 31.9. The number of hydrogen-bond donors (Lipinski definition) is 6. The number of nitrogens with two attached hydrogens (primary N) is 1. The van der Waals surface area contributed by atoms with Gasteiger partial charge >= 0.3 is 5.69 Å². The van der Waals surface area contributed by atoms with Crippen molar-refractivity contribution in [1.82, 2.24) is 9.55 Å². The van der Waals surface area contributed by atoms with Gasteiger partial charge in [0.15, 0.2) is 11.8 Å². The molecule has 1 aliphatic heterocycles. The Kier molecular flexibility index (Phi) is 5.40. The summed E-state index contributed by atoms with van der Waals surface area (Å²) < 4.78 is 69.2. The fourth-order valence-electron chi connectivity index (χ4n) is 2.94. The van der Waals surface area contributed by atoms with Gasteiger partial charge in [-0.2, -0.15) is 21.8 Å². The maximum atomic E-state index is 12.0. The van der Waals surface area contributed by atoms with Gasteiger partial charge in [-0.1, -0.05) is 0 Å². The van der Waals surface area contributed by atoms with Crippen LogP contribution in [-0.4, -0.2) is 86.2 Å². The van der Waals surface area contributed by atoms with Crippen molar-refractivity contribution in [3.63, 3.8) is 0 Å². The van der Waals surface area contributed by atoms with E-state index in [1.54, 1.807) is 0 Å². The molecule has 1 fully saturated rings. The minimum absolute atomic E-state index is 0.250. The number of aliphatic hydroxyl groups excluding tert-OH is 1. The van der Waals surface area contributed by atoms with E-state index in [2.05, 4.69) is 4.98 Å². The molecule has 0 aliphatic carbocycles. The van der Waals surface area contributed by atoms with Crippen molar-refractivity contribution in [2.45, 2.75) is 23.5 Å². The first-order valence-corrected chi connectivity index (χ1v) is 10.3. The molecule has 0 spiro atoms. The zero-order valence-electron chi connectivity index (χ0n) is 13.4. The van der Waals surface area contributed by atoms with Gasteiger partial charge in [-0.15, -0.1) is 0 Å². The van der Waals surface area contributed by atoms with E-state index in [1.807, 2.05) is 0 Å². The van der Waals surface area contributed by atoms with Crippen molar-refractivity contribution < 1.29 is 46.0 Å². The molecule has 0 aromatic carbocycles. The van der Waals surface area contributed by atoms with Gasteiger partial charge in [-0.05, 0) is 6.07 Å². The lowest BCUT2D eigenvalue weighted by atomic mass is 9.82. The van der Waals surface area contributed by atoms with Gasteiger partial charge in [0.1, 0.15) is 29.0 Å². The van der Waals surface area contributed by atoms with Crippen LogP contribution < -0.4 is 11.4 Å². The highest BCUT2D eigenvalue weighted by Crippen LogP contribution is 2.46. The van der Waals surface area contributed by atoms with Crippen LogP contribution in [0.5, 0.6) is 0 Å². The molecule has 0 unspecified atom stereocenters. The molecule has 1 aromatic rings. The van der Waals surface area contributed by atoms with E-state index in [0.29, 0.717) is 4.57 Å². The first-order valence-electron chi connectivity index (χ1n) is 7.09. The monoisotopic (exact) mass is 431 g/mol. The molecule has 2 rings (SSSR count). The summed E-state index contributed by atoms with van der Waals surface area (Å²) in [6, 6.07) is 1.05. The van der Waals surface area contributed by atoms with Crippen LogP contribution in [0, 0.1) is 0 Å². The van der Waals surface area contributed by atoms with E-state index in [0.717, 1.165) is 12.3 Å². The molecule has 27 heavy (non-hydrogen) atoms. The van der Waals surface area contributed by atoms with Crippen molar-refractivity contribution in [2.24, 2.45) is 0 Å². The van der Waals surface area contributed by atoms with E-state index in [4.69, 9.17) is 19.6 Å². The van der Waals surface area contributed by atoms with Gasteiger partial charge in [0.2, 0.25) is 0 Å². The molecule has 154 valence electrons. The Labute approximate surface area is 152 Å². The summed E-state index contributed by atoms with van der Waals surface area (Å²) >= 11 is 0. The number of hydrogen-bond acceptors (Lipinski definition) is 11. The lowest BCUT2D eigenvalue weighted by Gasteiger charge is -2.39. The predicted molar refractivity (Wildman–Crippen MR) is 86.6 cm³/mol. The van der Waals surface area contributed by atoms with Crippen molar-refractivity contribution in [1.29, 1.82) is 0 Å². The maximum absolute atomic E-state index is 12.0. The number of ether oxygens (including phenoxy) is 1. The highest BCUT2D eigenvalue weighted by molar-refractivity contribution is 7.86. The Hall–Kier alpha value is -1.66. The highest BCUT2D eigenvalue weighted by atomic mass is 32.2. The van der Waals surface area contributed by atoms with Gasteiger partial charge in [-0.3, -0.25) is 13.7 Å². The minimum atomic E-state index is -5.09. The Balaban J connectivity index is 2.74. The average molecular weight is 431 g/mol. The number of nitrogens with zero attached hydrogens (tertiary/aromatic N) is 2. The largest absolute Gasteiger partial charge is 0.394 e. The molecule has 1 aliphatic rings. The van der Waals surface area contributed by atoms with Crippen LogP contribution in [0.2, 0.25) is 0 Å². The van der Waals surface area contributed by atoms with Crippen LogP contribution in [0.1, 0.15) is 6.23 Å².